The number of nitrogens with one attached hydrogen (secondary N) is 1. The Hall–Kier alpha value is -2.13. The number of anilines is 1. The Labute approximate surface area is 119 Å². The van der Waals surface area contributed by atoms with Crippen molar-refractivity contribution in [1.29, 1.82) is 0 Å². The minimum absolute atomic E-state index is 0.124. The molecule has 0 saturated carbocycles. The van der Waals surface area contributed by atoms with Crippen LogP contribution in [0.2, 0.25) is 0 Å². The summed E-state index contributed by atoms with van der Waals surface area (Å²) in [5.41, 5.74) is 4.34. The first-order chi connectivity index (χ1) is 9.45. The van der Waals surface area contributed by atoms with Crippen molar-refractivity contribution in [2.75, 3.05) is 5.32 Å². The molecule has 2 aromatic carbocycles. The maximum Gasteiger partial charge on any atom is 0.255 e. The maximum absolute atomic E-state index is 12.2. The highest BCUT2D eigenvalue weighted by molar-refractivity contribution is 6.04. The summed E-state index contributed by atoms with van der Waals surface area (Å²) in [5, 5.41) is 12.3. The van der Waals surface area contributed by atoms with Gasteiger partial charge in [-0.3, -0.25) is 4.79 Å². The van der Waals surface area contributed by atoms with Crippen LogP contribution in [0, 0.1) is 13.8 Å². The van der Waals surface area contributed by atoms with Crippen LogP contribution in [-0.4, -0.2) is 11.0 Å². The molecule has 3 nitrogen and oxygen atoms in total. The van der Waals surface area contributed by atoms with Gasteiger partial charge in [-0.15, -0.1) is 0 Å². The Morgan fingerprint density at radius 3 is 2.10 bits per heavy atom. The molecule has 1 unspecified atom stereocenters. The molecule has 0 heterocycles. The number of aryl methyl sites for hydroxylation is 2. The van der Waals surface area contributed by atoms with Crippen LogP contribution in [0.3, 0.4) is 0 Å². The number of carbonyl (C=O) groups excluding carboxylic acids is 1. The molecule has 3 heteroatoms. The summed E-state index contributed by atoms with van der Waals surface area (Å²) < 4.78 is 0. The van der Waals surface area contributed by atoms with Gasteiger partial charge in [0, 0.05) is 11.3 Å². The summed E-state index contributed by atoms with van der Waals surface area (Å²) >= 11 is 0. The van der Waals surface area contributed by atoms with Crippen LogP contribution < -0.4 is 5.32 Å². The molecule has 0 spiro atoms. The Kier molecular flexibility index (Phi) is 4.20. The second kappa shape index (κ2) is 5.88. The Balaban J connectivity index is 2.14. The first kappa shape index (κ1) is 14.3. The maximum atomic E-state index is 12.2. The molecule has 0 aromatic heterocycles. The van der Waals surface area contributed by atoms with Crippen LogP contribution in [0.1, 0.15) is 40.1 Å². The Morgan fingerprint density at radius 2 is 1.60 bits per heavy atom. The van der Waals surface area contributed by atoms with Gasteiger partial charge >= 0.3 is 0 Å². The number of aliphatic hydroxyl groups excluding tert-OH is 1. The number of rotatable bonds is 3. The second-order valence-electron chi connectivity index (χ2n) is 5.13. The molecule has 0 aliphatic rings. The molecule has 0 aliphatic carbocycles. The minimum atomic E-state index is -0.501. The largest absolute Gasteiger partial charge is 0.389 e. The average molecular weight is 269 g/mol. The standard InChI is InChI=1S/C17H19NO2/c1-11-8-12(2)10-15(9-11)17(20)18-16-6-4-14(5-7-16)13(3)19/h4-10,13,19H,1-3H3,(H,18,20). The van der Waals surface area contributed by atoms with Gasteiger partial charge in [0.2, 0.25) is 0 Å². The van der Waals surface area contributed by atoms with E-state index < -0.39 is 6.10 Å². The van der Waals surface area contributed by atoms with Crippen LogP contribution in [0.5, 0.6) is 0 Å². The van der Waals surface area contributed by atoms with Gasteiger partial charge in [0.15, 0.2) is 0 Å². The van der Waals surface area contributed by atoms with E-state index in [1.807, 2.05) is 44.2 Å². The summed E-state index contributed by atoms with van der Waals surface area (Å²) in [6, 6.07) is 13.0. The molecule has 1 amide bonds. The molecule has 104 valence electrons. The first-order valence-corrected chi connectivity index (χ1v) is 6.63. The van der Waals surface area contributed by atoms with E-state index in [4.69, 9.17) is 0 Å². The minimum Gasteiger partial charge on any atom is -0.389 e. The predicted molar refractivity (Wildman–Crippen MR) is 80.9 cm³/mol. The average Bonchev–Trinajstić information content (AvgIpc) is 2.38. The topological polar surface area (TPSA) is 49.3 Å². The number of aliphatic hydroxyl groups is 1. The molecule has 0 radical (unpaired) electrons. The summed E-state index contributed by atoms with van der Waals surface area (Å²) in [7, 11) is 0. The lowest BCUT2D eigenvalue weighted by Gasteiger charge is -2.09. The zero-order valence-electron chi connectivity index (χ0n) is 12.0. The Bertz CT molecular complexity index is 595. The molecule has 0 fully saturated rings. The molecule has 20 heavy (non-hydrogen) atoms. The smallest absolute Gasteiger partial charge is 0.255 e. The van der Waals surface area contributed by atoms with Crippen molar-refractivity contribution in [2.24, 2.45) is 0 Å². The van der Waals surface area contributed by atoms with Crippen molar-refractivity contribution in [3.63, 3.8) is 0 Å². The van der Waals surface area contributed by atoms with Crippen molar-refractivity contribution < 1.29 is 9.90 Å². The zero-order chi connectivity index (χ0) is 14.7. The van der Waals surface area contributed by atoms with Gasteiger partial charge in [0.05, 0.1) is 6.10 Å². The third-order valence-electron chi connectivity index (χ3n) is 3.13. The molecule has 0 bridgehead atoms. The molecular formula is C17H19NO2. The lowest BCUT2D eigenvalue weighted by Crippen LogP contribution is -2.12. The van der Waals surface area contributed by atoms with Gasteiger partial charge in [-0.1, -0.05) is 29.3 Å². The molecular weight excluding hydrogens is 250 g/mol. The zero-order valence-corrected chi connectivity index (χ0v) is 12.0. The first-order valence-electron chi connectivity index (χ1n) is 6.63. The van der Waals surface area contributed by atoms with E-state index in [2.05, 4.69) is 5.32 Å². The molecule has 1 atom stereocenters. The summed E-state index contributed by atoms with van der Waals surface area (Å²) in [6.07, 6.45) is -0.501. The van der Waals surface area contributed by atoms with Crippen molar-refractivity contribution >= 4 is 11.6 Å². The van der Waals surface area contributed by atoms with Gasteiger partial charge in [0.25, 0.3) is 5.91 Å². The molecule has 0 saturated heterocycles. The number of carbonyl (C=O) groups is 1. The molecule has 2 aromatic rings. The normalized spacial score (nSPS) is 12.0. The van der Waals surface area contributed by atoms with E-state index in [0.29, 0.717) is 5.56 Å². The van der Waals surface area contributed by atoms with Crippen molar-refractivity contribution in [2.45, 2.75) is 26.9 Å². The highest BCUT2D eigenvalue weighted by Gasteiger charge is 2.08. The molecule has 2 N–H and O–H groups in total. The summed E-state index contributed by atoms with van der Waals surface area (Å²) in [5.74, 6) is -0.124. The van der Waals surface area contributed by atoms with Gasteiger partial charge in [-0.05, 0) is 50.6 Å². The van der Waals surface area contributed by atoms with E-state index in [0.717, 1.165) is 22.4 Å². The van der Waals surface area contributed by atoms with Crippen molar-refractivity contribution in [1.82, 2.24) is 0 Å². The van der Waals surface area contributed by atoms with Crippen LogP contribution >= 0.6 is 0 Å². The fourth-order valence-corrected chi connectivity index (χ4v) is 2.15. The van der Waals surface area contributed by atoms with Crippen LogP contribution in [0.4, 0.5) is 5.69 Å². The number of hydrogen-bond acceptors (Lipinski definition) is 2. The summed E-state index contributed by atoms with van der Waals surface area (Å²) in [4.78, 5) is 12.2. The quantitative estimate of drug-likeness (QED) is 0.894. The Morgan fingerprint density at radius 1 is 1.05 bits per heavy atom. The van der Waals surface area contributed by atoms with Crippen LogP contribution in [0.25, 0.3) is 0 Å². The fraction of sp³-hybridized carbons (Fsp3) is 0.235. The number of hydrogen-bond donors (Lipinski definition) is 2. The number of benzene rings is 2. The number of amides is 1. The van der Waals surface area contributed by atoms with E-state index in [-0.39, 0.29) is 5.91 Å². The third-order valence-corrected chi connectivity index (χ3v) is 3.13. The molecule has 0 aliphatic heterocycles. The van der Waals surface area contributed by atoms with Gasteiger partial charge < -0.3 is 10.4 Å². The van der Waals surface area contributed by atoms with Crippen LogP contribution in [-0.2, 0) is 0 Å². The third kappa shape index (κ3) is 3.45. The predicted octanol–water partition coefficient (Wildman–Crippen LogP) is 3.61. The highest BCUT2D eigenvalue weighted by Crippen LogP contribution is 2.17. The van der Waals surface area contributed by atoms with E-state index >= 15 is 0 Å². The van der Waals surface area contributed by atoms with E-state index in [1.54, 1.807) is 19.1 Å². The fourth-order valence-electron chi connectivity index (χ4n) is 2.15. The van der Waals surface area contributed by atoms with Crippen molar-refractivity contribution in [3.05, 3.63) is 64.7 Å². The second-order valence-corrected chi connectivity index (χ2v) is 5.13. The highest BCUT2D eigenvalue weighted by atomic mass is 16.3. The van der Waals surface area contributed by atoms with Crippen LogP contribution in [0.15, 0.2) is 42.5 Å². The monoisotopic (exact) mass is 269 g/mol. The van der Waals surface area contributed by atoms with E-state index in [1.165, 1.54) is 0 Å². The van der Waals surface area contributed by atoms with E-state index in [9.17, 15) is 9.90 Å². The van der Waals surface area contributed by atoms with Gasteiger partial charge in [0.1, 0.15) is 0 Å². The van der Waals surface area contributed by atoms with Gasteiger partial charge in [-0.2, -0.15) is 0 Å². The molecule has 2 rings (SSSR count). The lowest BCUT2D eigenvalue weighted by atomic mass is 10.1. The van der Waals surface area contributed by atoms with Crippen molar-refractivity contribution in [3.8, 4) is 0 Å². The summed E-state index contributed by atoms with van der Waals surface area (Å²) in [6.45, 7) is 5.66. The van der Waals surface area contributed by atoms with Gasteiger partial charge in [-0.25, -0.2) is 0 Å². The SMILES string of the molecule is Cc1cc(C)cc(C(=O)Nc2ccc(C(C)O)cc2)c1. The lowest BCUT2D eigenvalue weighted by molar-refractivity contribution is 0.102.